The Kier molecular flexibility index (Phi) is 5.23. The smallest absolute Gasteiger partial charge is 0.0991 e. The number of nitrogens with zero attached hydrogens (tertiary/aromatic N) is 3. The van der Waals surface area contributed by atoms with Crippen LogP contribution in [-0.4, -0.2) is 35.7 Å². The molecule has 2 aliphatic rings. The van der Waals surface area contributed by atoms with Crippen LogP contribution in [0.4, 0.5) is 0 Å². The molecule has 2 aromatic rings. The maximum absolute atomic E-state index is 9.02. The summed E-state index contributed by atoms with van der Waals surface area (Å²) in [5, 5.41) is 9.02. The predicted octanol–water partition coefficient (Wildman–Crippen LogP) is 4.20. The molecule has 28 heavy (non-hydrogen) atoms. The normalized spacial score (nSPS) is 26.5. The van der Waals surface area contributed by atoms with E-state index in [4.69, 9.17) is 10.00 Å². The number of aryl methyl sites for hydroxylation is 1. The van der Waals surface area contributed by atoms with Crippen LogP contribution in [0.25, 0.3) is 0 Å². The van der Waals surface area contributed by atoms with Gasteiger partial charge in [-0.2, -0.15) is 5.26 Å². The number of hydrogen-bond acceptors (Lipinski definition) is 4. The van der Waals surface area contributed by atoms with Gasteiger partial charge < -0.3 is 4.74 Å². The van der Waals surface area contributed by atoms with E-state index in [1.807, 2.05) is 30.6 Å². The summed E-state index contributed by atoms with van der Waals surface area (Å²) in [5.41, 5.74) is 3.75. The zero-order chi connectivity index (χ0) is 19.6. The summed E-state index contributed by atoms with van der Waals surface area (Å²) in [6.07, 6.45) is 7.45. The molecule has 0 unspecified atom stereocenters. The molecule has 2 aliphatic heterocycles. The Morgan fingerprint density at radius 3 is 2.64 bits per heavy atom. The lowest BCUT2D eigenvalue weighted by Crippen LogP contribution is -2.58. The van der Waals surface area contributed by atoms with Crippen LogP contribution in [0, 0.1) is 22.2 Å². The van der Waals surface area contributed by atoms with Crippen molar-refractivity contribution in [3.8, 4) is 6.07 Å². The van der Waals surface area contributed by atoms with Gasteiger partial charge in [-0.25, -0.2) is 0 Å². The standard InChI is InChI=1S/C24H29N3O/c1-23(2)18-28-22(23)24(10-9-19-5-7-20(14-25)8-6-19)11-13-27(17-24)16-21-4-3-12-26-15-21/h3-8,12,15,22H,9-11,13,16-18H2,1-2H3/t22-,24+/m0/s1. The molecule has 0 aliphatic carbocycles. The number of aromatic nitrogens is 1. The Balaban J connectivity index is 1.48. The highest BCUT2D eigenvalue weighted by atomic mass is 16.5. The van der Waals surface area contributed by atoms with Gasteiger partial charge in [0.1, 0.15) is 0 Å². The number of hydrogen-bond donors (Lipinski definition) is 0. The van der Waals surface area contributed by atoms with Crippen molar-refractivity contribution >= 4 is 0 Å². The van der Waals surface area contributed by atoms with Crippen LogP contribution in [0.15, 0.2) is 48.8 Å². The lowest BCUT2D eigenvalue weighted by molar-refractivity contribution is -0.223. The molecule has 0 amide bonds. The second-order valence-corrected chi connectivity index (χ2v) is 9.17. The van der Waals surface area contributed by atoms with E-state index in [0.717, 1.165) is 44.6 Å². The average molecular weight is 376 g/mol. The van der Waals surface area contributed by atoms with E-state index in [2.05, 4.69) is 48.0 Å². The van der Waals surface area contributed by atoms with Gasteiger partial charge in [0.25, 0.3) is 0 Å². The molecule has 4 rings (SSSR count). The molecule has 2 fully saturated rings. The molecule has 0 spiro atoms. The van der Waals surface area contributed by atoms with Crippen LogP contribution >= 0.6 is 0 Å². The lowest BCUT2D eigenvalue weighted by atomic mass is 9.64. The Morgan fingerprint density at radius 2 is 2.04 bits per heavy atom. The largest absolute Gasteiger partial charge is 0.376 e. The Hall–Kier alpha value is -2.22. The first-order valence-electron chi connectivity index (χ1n) is 10.2. The summed E-state index contributed by atoms with van der Waals surface area (Å²) in [6.45, 7) is 8.69. The minimum absolute atomic E-state index is 0.192. The zero-order valence-corrected chi connectivity index (χ0v) is 16.9. The van der Waals surface area contributed by atoms with Crippen LogP contribution in [0.3, 0.4) is 0 Å². The van der Waals surface area contributed by atoms with Gasteiger partial charge in [-0.3, -0.25) is 9.88 Å². The SMILES string of the molecule is CC1(C)CO[C@@H]1[C@]1(CCc2ccc(C#N)cc2)CCN(Cc2cccnc2)C1. The van der Waals surface area contributed by atoms with Crippen molar-refractivity contribution in [2.75, 3.05) is 19.7 Å². The quantitative estimate of drug-likeness (QED) is 0.759. The molecule has 4 nitrogen and oxygen atoms in total. The Labute approximate surface area is 168 Å². The first-order chi connectivity index (χ1) is 13.5. The van der Waals surface area contributed by atoms with Crippen LogP contribution in [0.1, 0.15) is 43.4 Å². The van der Waals surface area contributed by atoms with Crippen molar-refractivity contribution < 1.29 is 4.74 Å². The van der Waals surface area contributed by atoms with Crippen LogP contribution in [-0.2, 0) is 17.7 Å². The summed E-state index contributed by atoms with van der Waals surface area (Å²) in [4.78, 5) is 6.83. The number of pyridine rings is 1. The van der Waals surface area contributed by atoms with Gasteiger partial charge in [0.05, 0.1) is 24.3 Å². The lowest BCUT2D eigenvalue weighted by Gasteiger charge is -2.54. The van der Waals surface area contributed by atoms with E-state index in [-0.39, 0.29) is 10.8 Å². The third-order valence-corrected chi connectivity index (χ3v) is 6.48. The van der Waals surface area contributed by atoms with Crippen molar-refractivity contribution in [3.63, 3.8) is 0 Å². The average Bonchev–Trinajstić information content (AvgIpc) is 3.10. The fourth-order valence-electron chi connectivity index (χ4n) is 5.06. The summed E-state index contributed by atoms with van der Waals surface area (Å²) in [6, 6.07) is 14.4. The van der Waals surface area contributed by atoms with E-state index in [9.17, 15) is 0 Å². The summed E-state index contributed by atoms with van der Waals surface area (Å²) >= 11 is 0. The van der Waals surface area contributed by atoms with Crippen LogP contribution < -0.4 is 0 Å². The minimum Gasteiger partial charge on any atom is -0.376 e. The van der Waals surface area contributed by atoms with Crippen molar-refractivity contribution in [3.05, 3.63) is 65.5 Å². The molecule has 2 atom stereocenters. The maximum atomic E-state index is 9.02. The third-order valence-electron chi connectivity index (χ3n) is 6.48. The Morgan fingerprint density at radius 1 is 1.21 bits per heavy atom. The topological polar surface area (TPSA) is 49.1 Å². The van der Waals surface area contributed by atoms with E-state index in [1.165, 1.54) is 17.5 Å². The molecule has 1 aromatic heterocycles. The summed E-state index contributed by atoms with van der Waals surface area (Å²) < 4.78 is 6.17. The Bertz CT molecular complexity index is 840. The minimum atomic E-state index is 0.192. The van der Waals surface area contributed by atoms with Crippen molar-refractivity contribution in [2.45, 2.75) is 45.8 Å². The van der Waals surface area contributed by atoms with Gasteiger partial charge in [-0.1, -0.05) is 32.0 Å². The first kappa shape index (κ1) is 19.1. The molecule has 0 radical (unpaired) electrons. The second-order valence-electron chi connectivity index (χ2n) is 9.17. The number of ether oxygens (including phenoxy) is 1. The van der Waals surface area contributed by atoms with E-state index >= 15 is 0 Å². The van der Waals surface area contributed by atoms with Gasteiger partial charge >= 0.3 is 0 Å². The molecule has 0 bridgehead atoms. The predicted molar refractivity (Wildman–Crippen MR) is 110 cm³/mol. The van der Waals surface area contributed by atoms with E-state index in [0.29, 0.717) is 6.10 Å². The number of likely N-dealkylation sites (tertiary alicyclic amines) is 1. The van der Waals surface area contributed by atoms with Crippen LogP contribution in [0.5, 0.6) is 0 Å². The first-order valence-corrected chi connectivity index (χ1v) is 10.2. The fourth-order valence-corrected chi connectivity index (χ4v) is 5.06. The highest BCUT2D eigenvalue weighted by Gasteiger charge is 2.55. The maximum Gasteiger partial charge on any atom is 0.0991 e. The zero-order valence-electron chi connectivity index (χ0n) is 16.9. The van der Waals surface area contributed by atoms with E-state index < -0.39 is 0 Å². The molecular formula is C24H29N3O. The molecule has 0 N–H and O–H groups in total. The molecule has 146 valence electrons. The molecule has 3 heterocycles. The summed E-state index contributed by atoms with van der Waals surface area (Å²) in [5.74, 6) is 0. The van der Waals surface area contributed by atoms with Gasteiger partial charge in [-0.05, 0) is 55.1 Å². The second kappa shape index (κ2) is 7.66. The van der Waals surface area contributed by atoms with Gasteiger partial charge in [0.2, 0.25) is 0 Å². The highest BCUT2D eigenvalue weighted by molar-refractivity contribution is 5.31. The molecule has 0 saturated carbocycles. The van der Waals surface area contributed by atoms with Gasteiger partial charge in [-0.15, -0.1) is 0 Å². The van der Waals surface area contributed by atoms with Gasteiger partial charge in [0, 0.05) is 36.3 Å². The fraction of sp³-hybridized carbons (Fsp3) is 0.500. The van der Waals surface area contributed by atoms with Crippen LogP contribution in [0.2, 0.25) is 0 Å². The molecule has 2 saturated heterocycles. The van der Waals surface area contributed by atoms with Gasteiger partial charge in [0.15, 0.2) is 0 Å². The van der Waals surface area contributed by atoms with E-state index in [1.54, 1.807) is 0 Å². The van der Waals surface area contributed by atoms with Crippen molar-refractivity contribution in [1.82, 2.24) is 9.88 Å². The number of rotatable bonds is 6. The highest BCUT2D eigenvalue weighted by Crippen LogP contribution is 2.51. The summed E-state index contributed by atoms with van der Waals surface area (Å²) in [7, 11) is 0. The monoisotopic (exact) mass is 375 g/mol. The molecular weight excluding hydrogens is 346 g/mol. The number of benzene rings is 1. The van der Waals surface area contributed by atoms with Crippen molar-refractivity contribution in [2.24, 2.45) is 10.8 Å². The van der Waals surface area contributed by atoms with Crippen molar-refractivity contribution in [1.29, 1.82) is 5.26 Å². The molecule has 4 heteroatoms. The molecule has 1 aromatic carbocycles. The number of nitriles is 1. The third kappa shape index (κ3) is 3.83.